The number of hydrogen-bond acceptors (Lipinski definition) is 5. The van der Waals surface area contributed by atoms with Crippen LogP contribution in [0.25, 0.3) is 0 Å². The highest BCUT2D eigenvalue weighted by Crippen LogP contribution is 2.66. The summed E-state index contributed by atoms with van der Waals surface area (Å²) in [6.07, 6.45) is -5.45. The van der Waals surface area contributed by atoms with Crippen molar-refractivity contribution in [1.29, 1.82) is 0 Å². The maximum Gasteiger partial charge on any atom is 0.430 e. The van der Waals surface area contributed by atoms with Crippen LogP contribution in [-0.2, 0) is 14.2 Å². The second-order valence-electron chi connectivity index (χ2n) is 11.3. The number of halogens is 5. The number of carbonyl (C=O) groups is 1. The molecular weight excluding hydrogens is 586 g/mol. The van der Waals surface area contributed by atoms with Gasteiger partial charge >= 0.3 is 19.6 Å². The molecule has 3 unspecified atom stereocenters. The third-order valence-electron chi connectivity index (χ3n) is 8.35. The van der Waals surface area contributed by atoms with Crippen LogP contribution < -0.4 is 4.74 Å². The third-order valence-corrected chi connectivity index (χ3v) is 9.46. The van der Waals surface area contributed by atoms with E-state index in [9.17, 15) is 26.7 Å². The molecule has 0 amide bonds. The average molecular weight is 617 g/mol. The number of carbonyl (C=O) groups excluding carboxylic acids is 1. The SMILES string of the molecule is CO[B]C(F)(F)C(OC(=O)C12CC3CC(CC1C3)C2)C(F)(F)F.c1ccc2c(c1)Oc1ccccc1S2.c1ccccc1. The van der Waals surface area contributed by atoms with E-state index in [-0.39, 0.29) is 13.4 Å². The van der Waals surface area contributed by atoms with Crippen LogP contribution in [0.3, 0.4) is 0 Å². The van der Waals surface area contributed by atoms with Gasteiger partial charge in [0.2, 0.25) is 0 Å². The Morgan fingerprint density at radius 3 is 1.79 bits per heavy atom. The van der Waals surface area contributed by atoms with Crippen molar-refractivity contribution >= 4 is 25.2 Å². The van der Waals surface area contributed by atoms with Crippen molar-refractivity contribution in [2.45, 2.75) is 60.0 Å². The van der Waals surface area contributed by atoms with Gasteiger partial charge in [0.05, 0.1) is 15.2 Å². The van der Waals surface area contributed by atoms with Gasteiger partial charge in [0.1, 0.15) is 11.5 Å². The molecule has 43 heavy (non-hydrogen) atoms. The lowest BCUT2D eigenvalue weighted by Crippen LogP contribution is -2.53. The molecule has 1 radical (unpaired) electrons. The van der Waals surface area contributed by atoms with Gasteiger partial charge in [-0.25, -0.2) is 8.78 Å². The molecule has 0 aromatic heterocycles. The van der Waals surface area contributed by atoms with Crippen LogP contribution in [0.4, 0.5) is 22.0 Å². The summed E-state index contributed by atoms with van der Waals surface area (Å²) in [5.41, 5.74) is -1.000. The molecule has 4 bridgehead atoms. The monoisotopic (exact) mass is 617 g/mol. The lowest BCUT2D eigenvalue weighted by Gasteiger charge is -2.34. The van der Waals surface area contributed by atoms with Crippen LogP contribution in [-0.4, -0.2) is 38.7 Å². The van der Waals surface area contributed by atoms with Crippen molar-refractivity contribution in [3.8, 4) is 11.5 Å². The number of benzene rings is 3. The smallest absolute Gasteiger partial charge is 0.430 e. The van der Waals surface area contributed by atoms with Gasteiger partial charge in [-0.2, -0.15) is 13.2 Å². The van der Waals surface area contributed by atoms with Gasteiger partial charge in [-0.3, -0.25) is 4.79 Å². The fraction of sp³-hybridized carbons (Fsp3) is 0.406. The van der Waals surface area contributed by atoms with E-state index in [2.05, 4.69) is 21.5 Å². The average Bonchev–Trinajstić information content (AvgIpc) is 3.39. The molecule has 1 aliphatic heterocycles. The minimum atomic E-state index is -5.37. The van der Waals surface area contributed by atoms with E-state index in [1.54, 1.807) is 11.8 Å². The molecule has 3 aromatic rings. The highest BCUT2D eigenvalue weighted by Gasteiger charge is 2.65. The standard InChI is InChI=1S/C14H17BF5O3.C12H8OS.C6H6/c1-22-15-13(16,17)10(14(18,19)20)23-11(21)12-5-7-2-8(6-12)4-9(12)3-7;1-3-7-11-9(5-1)13-10-6-2-4-8-12(10)14-11;1-2-4-6-5-3-1/h7-10H,2-6H2,1H3;1-8H;1-6H. The number of fused-ring (bicyclic) bond motifs is 2. The Bertz CT molecular complexity index is 1260. The van der Waals surface area contributed by atoms with Crippen LogP contribution in [0.5, 0.6) is 11.5 Å². The predicted octanol–water partition coefficient (Wildman–Crippen LogP) is 8.78. The largest absolute Gasteiger partial charge is 0.455 e. The number of para-hydroxylation sites is 2. The summed E-state index contributed by atoms with van der Waals surface area (Å²) in [6, 6.07) is 28.2. The van der Waals surface area contributed by atoms with Crippen molar-refractivity contribution in [2.75, 3.05) is 7.11 Å². The lowest BCUT2D eigenvalue weighted by molar-refractivity contribution is -0.265. The Morgan fingerprint density at radius 2 is 1.33 bits per heavy atom. The minimum Gasteiger partial charge on any atom is -0.455 e. The Labute approximate surface area is 252 Å². The maximum absolute atomic E-state index is 13.7. The fourth-order valence-corrected chi connectivity index (χ4v) is 7.75. The van der Waals surface area contributed by atoms with E-state index < -0.39 is 29.5 Å². The van der Waals surface area contributed by atoms with E-state index in [1.165, 1.54) is 9.79 Å². The van der Waals surface area contributed by atoms with Gasteiger partial charge in [-0.15, -0.1) is 0 Å². The normalized spacial score (nSPS) is 25.0. The molecule has 4 fully saturated rings. The maximum atomic E-state index is 13.7. The van der Waals surface area contributed by atoms with Crippen molar-refractivity contribution in [2.24, 2.45) is 23.2 Å². The zero-order valence-electron chi connectivity index (χ0n) is 23.4. The van der Waals surface area contributed by atoms with E-state index in [4.69, 9.17) is 4.74 Å². The van der Waals surface area contributed by atoms with E-state index in [0.29, 0.717) is 24.7 Å². The molecule has 8 rings (SSSR count). The van der Waals surface area contributed by atoms with Crippen LogP contribution in [0.2, 0.25) is 0 Å². The molecule has 3 aromatic carbocycles. The van der Waals surface area contributed by atoms with Crippen molar-refractivity contribution in [3.63, 3.8) is 0 Å². The fourth-order valence-electron chi connectivity index (χ4n) is 6.80. The molecule has 0 spiro atoms. The molecule has 0 saturated heterocycles. The first-order valence-corrected chi connectivity index (χ1v) is 14.9. The second kappa shape index (κ2) is 12.9. The summed E-state index contributed by atoms with van der Waals surface area (Å²) in [5.74, 6) is -3.08. The molecule has 0 N–H and O–H groups in total. The van der Waals surface area contributed by atoms with Gasteiger partial charge < -0.3 is 14.1 Å². The van der Waals surface area contributed by atoms with Crippen molar-refractivity contribution in [3.05, 3.63) is 84.9 Å². The van der Waals surface area contributed by atoms with Gasteiger partial charge in [0, 0.05) is 7.11 Å². The minimum absolute atomic E-state index is 0.0346. The van der Waals surface area contributed by atoms with E-state index in [0.717, 1.165) is 37.9 Å². The van der Waals surface area contributed by atoms with Gasteiger partial charge in [-0.05, 0) is 74.1 Å². The predicted molar refractivity (Wildman–Crippen MR) is 153 cm³/mol. The Balaban J connectivity index is 0.000000154. The Kier molecular flexibility index (Phi) is 9.41. The Morgan fingerprint density at radius 1 is 0.837 bits per heavy atom. The summed E-state index contributed by atoms with van der Waals surface area (Å²) in [6.45, 7) is 0. The number of esters is 1. The number of hydrogen-bond donors (Lipinski definition) is 0. The number of rotatable bonds is 5. The Hall–Kier alpha value is -3.05. The highest BCUT2D eigenvalue weighted by molar-refractivity contribution is 7.99. The molecule has 5 aliphatic rings. The van der Waals surface area contributed by atoms with Gasteiger partial charge in [-0.1, -0.05) is 72.4 Å². The topological polar surface area (TPSA) is 44.8 Å². The molecule has 3 atom stereocenters. The van der Waals surface area contributed by atoms with Crippen LogP contribution >= 0.6 is 11.8 Å². The zero-order valence-corrected chi connectivity index (χ0v) is 24.3. The summed E-state index contributed by atoms with van der Waals surface area (Å²) < 4.78 is 80.5. The second-order valence-corrected chi connectivity index (χ2v) is 12.4. The van der Waals surface area contributed by atoms with Crippen molar-refractivity contribution in [1.82, 2.24) is 0 Å². The summed E-state index contributed by atoms with van der Waals surface area (Å²) in [4.78, 5) is 14.8. The van der Waals surface area contributed by atoms with Crippen molar-refractivity contribution < 1.29 is 40.9 Å². The first-order chi connectivity index (χ1) is 20.5. The molecule has 11 heteroatoms. The lowest BCUT2D eigenvalue weighted by atomic mass is 9.75. The van der Waals surface area contributed by atoms with Gasteiger partial charge in [0.15, 0.2) is 0 Å². The molecule has 227 valence electrons. The van der Waals surface area contributed by atoms with Crippen LogP contribution in [0, 0.1) is 23.2 Å². The summed E-state index contributed by atoms with van der Waals surface area (Å²) in [7, 11) is 0.577. The third kappa shape index (κ3) is 7.04. The highest BCUT2D eigenvalue weighted by atomic mass is 32.2. The quantitative estimate of drug-likeness (QED) is 0.127. The van der Waals surface area contributed by atoms with Crippen LogP contribution in [0.15, 0.2) is 94.7 Å². The molecule has 4 nitrogen and oxygen atoms in total. The van der Waals surface area contributed by atoms with E-state index >= 15 is 0 Å². The first kappa shape index (κ1) is 31.4. The molecular formula is C32H31BF5O4S. The molecule has 4 saturated carbocycles. The molecule has 4 aliphatic carbocycles. The summed E-state index contributed by atoms with van der Waals surface area (Å²) >= 11 is 1.76. The number of alkyl halides is 5. The zero-order chi connectivity index (χ0) is 30.7. The molecule has 1 heterocycles. The summed E-state index contributed by atoms with van der Waals surface area (Å²) in [5, 5.41) is 0. The van der Waals surface area contributed by atoms with Crippen LogP contribution in [0.1, 0.15) is 32.1 Å². The first-order valence-electron chi connectivity index (χ1n) is 14.1. The van der Waals surface area contributed by atoms with E-state index in [1.807, 2.05) is 72.8 Å². The number of ether oxygens (including phenoxy) is 2. The van der Waals surface area contributed by atoms with Gasteiger partial charge in [0.25, 0.3) is 11.9 Å².